The van der Waals surface area contributed by atoms with Gasteiger partial charge in [0.25, 0.3) is 0 Å². The van der Waals surface area contributed by atoms with Gasteiger partial charge in [0.1, 0.15) is 0 Å². The van der Waals surface area contributed by atoms with E-state index >= 15 is 0 Å². The summed E-state index contributed by atoms with van der Waals surface area (Å²) in [5, 5.41) is 2.09. The summed E-state index contributed by atoms with van der Waals surface area (Å²) >= 11 is 0. The van der Waals surface area contributed by atoms with E-state index in [0.717, 1.165) is 66.4 Å². The van der Waals surface area contributed by atoms with E-state index in [9.17, 15) is 0 Å². The Kier molecular flexibility index (Phi) is 9.02. The number of aromatic nitrogens is 7. The van der Waals surface area contributed by atoms with Crippen molar-refractivity contribution in [2.45, 2.75) is 0 Å². The van der Waals surface area contributed by atoms with Crippen LogP contribution in [-0.2, 0) is 0 Å². The molecule has 0 spiro atoms. The largest absolute Gasteiger partial charge is 0.309 e. The van der Waals surface area contributed by atoms with Gasteiger partial charge in [-0.1, -0.05) is 164 Å². The molecule has 0 N–H and O–H groups in total. The van der Waals surface area contributed by atoms with E-state index < -0.39 is 0 Å². The fourth-order valence-electron chi connectivity index (χ4n) is 7.89. The van der Waals surface area contributed by atoms with Crippen LogP contribution in [0.25, 0.3) is 107 Å². The van der Waals surface area contributed by atoms with Gasteiger partial charge >= 0.3 is 0 Å². The van der Waals surface area contributed by atoms with Crippen molar-refractivity contribution in [2.75, 3.05) is 0 Å². The number of hydrogen-bond donors (Lipinski definition) is 0. The van der Waals surface area contributed by atoms with E-state index in [2.05, 4.69) is 89.5 Å². The third-order valence-corrected chi connectivity index (χ3v) is 10.9. The molecule has 11 aromatic rings. The van der Waals surface area contributed by atoms with Crippen molar-refractivity contribution in [1.29, 1.82) is 0 Å². The molecular formula is C54H35N7. The van der Waals surface area contributed by atoms with Crippen molar-refractivity contribution >= 4 is 21.8 Å². The van der Waals surface area contributed by atoms with Crippen LogP contribution in [-0.4, -0.2) is 34.5 Å². The number of hydrogen-bond acceptors (Lipinski definition) is 6. The first-order chi connectivity index (χ1) is 30.2. The van der Waals surface area contributed by atoms with Crippen molar-refractivity contribution < 1.29 is 0 Å². The Bertz CT molecular complexity index is 3020. The summed E-state index contributed by atoms with van der Waals surface area (Å²) in [6, 6.07) is 72.5. The maximum Gasteiger partial charge on any atom is 0.164 e. The topological polar surface area (TPSA) is 82.3 Å². The van der Waals surface area contributed by atoms with Crippen LogP contribution < -0.4 is 0 Å². The number of benzene rings is 8. The summed E-state index contributed by atoms with van der Waals surface area (Å²) in [5.74, 6) is 3.65. The molecule has 3 heterocycles. The van der Waals surface area contributed by atoms with Crippen LogP contribution >= 0.6 is 0 Å². The minimum Gasteiger partial charge on any atom is -0.309 e. The van der Waals surface area contributed by atoms with E-state index in [0.29, 0.717) is 34.9 Å². The Morgan fingerprint density at radius 3 is 0.820 bits per heavy atom. The molecule has 0 aliphatic carbocycles. The molecule has 0 saturated carbocycles. The molecule has 7 nitrogen and oxygen atoms in total. The number of fused-ring (bicyclic) bond motifs is 3. The van der Waals surface area contributed by atoms with Gasteiger partial charge in [-0.05, 0) is 59.7 Å². The van der Waals surface area contributed by atoms with Crippen LogP contribution in [0.15, 0.2) is 212 Å². The fraction of sp³-hybridized carbons (Fsp3) is 0. The summed E-state index contributed by atoms with van der Waals surface area (Å²) in [5.41, 5.74) is 10.9. The Morgan fingerprint density at radius 1 is 0.230 bits per heavy atom. The normalized spacial score (nSPS) is 11.3. The first-order valence-corrected chi connectivity index (χ1v) is 20.2. The summed E-state index contributed by atoms with van der Waals surface area (Å²) in [6.45, 7) is 0. The van der Waals surface area contributed by atoms with Gasteiger partial charge in [-0.3, -0.25) is 0 Å². The zero-order valence-corrected chi connectivity index (χ0v) is 32.8. The van der Waals surface area contributed by atoms with Gasteiger partial charge in [-0.15, -0.1) is 0 Å². The van der Waals surface area contributed by atoms with Gasteiger partial charge in [0.2, 0.25) is 0 Å². The molecule has 0 aliphatic rings. The van der Waals surface area contributed by atoms with E-state index in [1.54, 1.807) is 0 Å². The lowest BCUT2D eigenvalue weighted by Gasteiger charge is -2.11. The maximum atomic E-state index is 5.08. The molecule has 0 amide bonds. The highest BCUT2D eigenvalue weighted by molar-refractivity contribution is 6.11. The minimum absolute atomic E-state index is 0.594. The van der Waals surface area contributed by atoms with E-state index in [4.69, 9.17) is 29.9 Å². The van der Waals surface area contributed by atoms with Gasteiger partial charge in [0.15, 0.2) is 34.9 Å². The predicted molar refractivity (Wildman–Crippen MR) is 246 cm³/mol. The van der Waals surface area contributed by atoms with E-state index in [1.165, 1.54) is 5.56 Å². The average molecular weight is 782 g/mol. The quantitative estimate of drug-likeness (QED) is 0.153. The second-order valence-electron chi connectivity index (χ2n) is 14.8. The summed E-state index contributed by atoms with van der Waals surface area (Å²) in [4.78, 5) is 30.2. The van der Waals surface area contributed by atoms with Crippen molar-refractivity contribution in [3.05, 3.63) is 212 Å². The molecule has 0 bridgehead atoms. The molecule has 0 atom stereocenters. The van der Waals surface area contributed by atoms with Crippen LogP contribution in [0.3, 0.4) is 0 Å². The highest BCUT2D eigenvalue weighted by Crippen LogP contribution is 2.38. The molecule has 61 heavy (non-hydrogen) atoms. The minimum atomic E-state index is 0.594. The molecule has 0 aliphatic heterocycles. The first kappa shape index (κ1) is 35.7. The van der Waals surface area contributed by atoms with Crippen molar-refractivity contribution in [1.82, 2.24) is 34.5 Å². The highest BCUT2D eigenvalue weighted by atomic mass is 15.0. The van der Waals surface area contributed by atoms with Crippen molar-refractivity contribution in [3.8, 4) is 85.1 Å². The lowest BCUT2D eigenvalue weighted by atomic mass is 10.1. The van der Waals surface area contributed by atoms with Gasteiger partial charge in [-0.2, -0.15) is 0 Å². The lowest BCUT2D eigenvalue weighted by molar-refractivity contribution is 1.07. The molecule has 0 radical (unpaired) electrons. The van der Waals surface area contributed by atoms with Crippen LogP contribution in [0.4, 0.5) is 0 Å². The number of rotatable bonds is 8. The Morgan fingerprint density at radius 2 is 0.492 bits per heavy atom. The molecule has 3 aromatic heterocycles. The van der Waals surface area contributed by atoms with Crippen LogP contribution in [0.5, 0.6) is 0 Å². The fourth-order valence-corrected chi connectivity index (χ4v) is 7.89. The summed E-state index contributed by atoms with van der Waals surface area (Å²) in [7, 11) is 0. The molecule has 0 fully saturated rings. The smallest absolute Gasteiger partial charge is 0.164 e. The van der Waals surface area contributed by atoms with E-state index in [1.807, 2.05) is 127 Å². The Balaban J connectivity index is 1.12. The molecule has 0 saturated heterocycles. The molecular weight excluding hydrogens is 747 g/mol. The lowest BCUT2D eigenvalue weighted by Crippen LogP contribution is -2.00. The van der Waals surface area contributed by atoms with Crippen LogP contribution in [0.2, 0.25) is 0 Å². The molecule has 0 unspecified atom stereocenters. The average Bonchev–Trinajstić information content (AvgIpc) is 3.68. The first-order valence-electron chi connectivity index (χ1n) is 20.2. The molecule has 8 aromatic carbocycles. The highest BCUT2D eigenvalue weighted by Gasteiger charge is 2.19. The van der Waals surface area contributed by atoms with Gasteiger partial charge in [-0.25, -0.2) is 29.9 Å². The van der Waals surface area contributed by atoms with Gasteiger partial charge < -0.3 is 4.57 Å². The molecule has 11 rings (SSSR count). The second-order valence-corrected chi connectivity index (χ2v) is 14.8. The maximum absolute atomic E-state index is 5.08. The SMILES string of the molecule is c1ccc(-c2ccc(-n3c4ccc(-c5nc(-c6ccccc6)nc(-c6ccccc6)n5)cc4c4cc(-c5nc(-c6ccccc6)nc(-c6ccccc6)n5)ccc43)cc2)cc1. The number of nitrogens with zero attached hydrogens (tertiary/aromatic N) is 7. The Hall–Kier alpha value is -8.42. The predicted octanol–water partition coefficient (Wildman–Crippen LogP) is 12.8. The zero-order chi connectivity index (χ0) is 40.5. The summed E-state index contributed by atoms with van der Waals surface area (Å²) < 4.78 is 2.32. The second kappa shape index (κ2) is 15.4. The third-order valence-electron chi connectivity index (χ3n) is 10.9. The van der Waals surface area contributed by atoms with Crippen molar-refractivity contribution in [3.63, 3.8) is 0 Å². The standard InChI is InChI=1S/C54H35N7/c1-6-16-36(17-7-1)37-26-30-44(31-27-37)61-47-32-28-42(53-57-49(38-18-8-2-9-19-38)55-50(58-53)39-20-10-3-11-21-39)34-45(47)46-35-43(29-33-48(46)61)54-59-51(40-22-12-4-13-23-40)56-52(60-54)41-24-14-5-15-25-41/h1-35H. The third kappa shape index (κ3) is 6.90. The van der Waals surface area contributed by atoms with Crippen molar-refractivity contribution in [2.24, 2.45) is 0 Å². The van der Waals surface area contributed by atoms with Crippen LogP contribution in [0.1, 0.15) is 0 Å². The van der Waals surface area contributed by atoms with Gasteiger partial charge in [0, 0.05) is 49.8 Å². The summed E-state index contributed by atoms with van der Waals surface area (Å²) in [6.07, 6.45) is 0. The van der Waals surface area contributed by atoms with Crippen LogP contribution in [0, 0.1) is 0 Å². The zero-order valence-electron chi connectivity index (χ0n) is 32.8. The van der Waals surface area contributed by atoms with E-state index in [-0.39, 0.29) is 0 Å². The van der Waals surface area contributed by atoms with Gasteiger partial charge in [0.05, 0.1) is 11.0 Å². The monoisotopic (exact) mass is 781 g/mol. The molecule has 286 valence electrons. The Labute approximate surface area is 352 Å². The molecule has 7 heteroatoms.